The van der Waals surface area contributed by atoms with Crippen LogP contribution >= 0.6 is 0 Å². The van der Waals surface area contributed by atoms with Gasteiger partial charge in [-0.05, 0) is 18.2 Å². The first-order chi connectivity index (χ1) is 10.8. The smallest absolute Gasteiger partial charge is 0.257 e. The molecule has 0 unspecified atom stereocenters. The molecule has 2 aromatic carbocycles. The highest BCUT2D eigenvalue weighted by atomic mass is 16.5. The van der Waals surface area contributed by atoms with Gasteiger partial charge in [0.2, 0.25) is 0 Å². The molecule has 3 aromatic rings. The fourth-order valence-corrected chi connectivity index (χ4v) is 2.52. The quantitative estimate of drug-likeness (QED) is 0.782. The molecule has 0 aliphatic heterocycles. The Morgan fingerprint density at radius 2 is 1.82 bits per heavy atom. The van der Waals surface area contributed by atoms with E-state index < -0.39 is 0 Å². The molecule has 0 aliphatic rings. The van der Waals surface area contributed by atoms with Crippen LogP contribution in [0.2, 0.25) is 0 Å². The van der Waals surface area contributed by atoms with E-state index in [1.807, 2.05) is 60.8 Å². The molecule has 0 spiro atoms. The summed E-state index contributed by atoms with van der Waals surface area (Å²) in [7, 11) is 1.68. The summed E-state index contributed by atoms with van der Waals surface area (Å²) in [6.45, 7) is 1.33. The van der Waals surface area contributed by atoms with Crippen molar-refractivity contribution in [3.63, 3.8) is 0 Å². The standard InChI is InChI=1S/C18H18N2O2/c1-22-12-11-20-13-16(15-9-5-6-10-17(15)20)18(21)19-14-7-3-2-4-8-14/h2-10,13H,11-12H2,1H3,(H,19,21). The zero-order chi connectivity index (χ0) is 15.4. The lowest BCUT2D eigenvalue weighted by Gasteiger charge is -2.03. The van der Waals surface area contributed by atoms with Crippen LogP contribution in [0.1, 0.15) is 10.4 Å². The molecule has 112 valence electrons. The maximum atomic E-state index is 12.6. The molecule has 0 aliphatic carbocycles. The first kappa shape index (κ1) is 14.4. The third kappa shape index (κ3) is 2.87. The lowest BCUT2D eigenvalue weighted by Crippen LogP contribution is -2.11. The Hall–Kier alpha value is -2.59. The van der Waals surface area contributed by atoms with E-state index in [2.05, 4.69) is 9.88 Å². The molecule has 1 N–H and O–H groups in total. The number of benzene rings is 2. The van der Waals surface area contributed by atoms with Crippen molar-refractivity contribution in [1.82, 2.24) is 4.57 Å². The average molecular weight is 294 g/mol. The number of rotatable bonds is 5. The molecule has 0 saturated carbocycles. The Balaban J connectivity index is 1.94. The van der Waals surface area contributed by atoms with Crippen molar-refractivity contribution in [3.05, 3.63) is 66.4 Å². The number of methoxy groups -OCH3 is 1. The van der Waals surface area contributed by atoms with Gasteiger partial charge in [0.05, 0.1) is 12.2 Å². The predicted octanol–water partition coefficient (Wildman–Crippen LogP) is 3.54. The van der Waals surface area contributed by atoms with E-state index in [9.17, 15) is 4.79 Å². The molecular weight excluding hydrogens is 276 g/mol. The summed E-state index contributed by atoms with van der Waals surface area (Å²) >= 11 is 0. The average Bonchev–Trinajstić information content (AvgIpc) is 2.93. The molecule has 0 bridgehead atoms. The van der Waals surface area contributed by atoms with Crippen LogP contribution in [-0.4, -0.2) is 24.2 Å². The molecule has 0 saturated heterocycles. The van der Waals surface area contributed by atoms with Gasteiger partial charge in [-0.3, -0.25) is 4.79 Å². The minimum Gasteiger partial charge on any atom is -0.383 e. The van der Waals surface area contributed by atoms with Gasteiger partial charge in [-0.1, -0.05) is 36.4 Å². The number of nitrogens with zero attached hydrogens (tertiary/aromatic N) is 1. The molecule has 1 heterocycles. The summed E-state index contributed by atoms with van der Waals surface area (Å²) in [5.41, 5.74) is 2.51. The second-order valence-electron chi connectivity index (χ2n) is 5.07. The van der Waals surface area contributed by atoms with Crippen molar-refractivity contribution in [2.24, 2.45) is 0 Å². The third-order valence-corrected chi connectivity index (χ3v) is 3.60. The van der Waals surface area contributed by atoms with Gasteiger partial charge >= 0.3 is 0 Å². The number of anilines is 1. The zero-order valence-electron chi connectivity index (χ0n) is 12.5. The van der Waals surface area contributed by atoms with Gasteiger partial charge in [-0.25, -0.2) is 0 Å². The first-order valence-corrected chi connectivity index (χ1v) is 7.23. The molecule has 4 nitrogen and oxygen atoms in total. The SMILES string of the molecule is COCCn1cc(C(=O)Nc2ccccc2)c2ccccc21. The molecule has 1 aromatic heterocycles. The monoisotopic (exact) mass is 294 g/mol. The number of carbonyl (C=O) groups excluding carboxylic acids is 1. The minimum atomic E-state index is -0.0985. The molecular formula is C18H18N2O2. The summed E-state index contributed by atoms with van der Waals surface area (Å²) in [4.78, 5) is 12.6. The Bertz CT molecular complexity index is 778. The number of amides is 1. The van der Waals surface area contributed by atoms with Crippen LogP contribution in [0.3, 0.4) is 0 Å². The van der Waals surface area contributed by atoms with Crippen molar-refractivity contribution in [3.8, 4) is 0 Å². The molecule has 3 rings (SSSR count). The summed E-state index contributed by atoms with van der Waals surface area (Å²) in [5, 5.41) is 3.89. The van der Waals surface area contributed by atoms with E-state index in [1.165, 1.54) is 0 Å². The van der Waals surface area contributed by atoms with Crippen LogP contribution in [0, 0.1) is 0 Å². The fraction of sp³-hybridized carbons (Fsp3) is 0.167. The van der Waals surface area contributed by atoms with E-state index in [0.29, 0.717) is 12.2 Å². The lowest BCUT2D eigenvalue weighted by molar-refractivity contribution is 0.102. The Morgan fingerprint density at radius 3 is 2.59 bits per heavy atom. The van der Waals surface area contributed by atoms with Gasteiger partial charge in [0.1, 0.15) is 0 Å². The van der Waals surface area contributed by atoms with Crippen molar-refractivity contribution in [2.45, 2.75) is 6.54 Å². The van der Waals surface area contributed by atoms with Crippen molar-refractivity contribution >= 4 is 22.5 Å². The number of carbonyl (C=O) groups is 1. The zero-order valence-corrected chi connectivity index (χ0v) is 12.5. The maximum absolute atomic E-state index is 12.6. The topological polar surface area (TPSA) is 43.3 Å². The number of para-hydroxylation sites is 2. The van der Waals surface area contributed by atoms with Crippen LogP contribution in [0.4, 0.5) is 5.69 Å². The maximum Gasteiger partial charge on any atom is 0.257 e. The number of nitrogens with one attached hydrogen (secondary N) is 1. The number of hydrogen-bond acceptors (Lipinski definition) is 2. The van der Waals surface area contributed by atoms with Crippen LogP contribution in [0.15, 0.2) is 60.8 Å². The molecule has 0 fully saturated rings. The lowest BCUT2D eigenvalue weighted by atomic mass is 10.1. The minimum absolute atomic E-state index is 0.0985. The molecule has 22 heavy (non-hydrogen) atoms. The van der Waals surface area contributed by atoms with Gasteiger partial charge in [-0.15, -0.1) is 0 Å². The highest BCUT2D eigenvalue weighted by Crippen LogP contribution is 2.22. The van der Waals surface area contributed by atoms with Crippen LogP contribution in [-0.2, 0) is 11.3 Å². The largest absolute Gasteiger partial charge is 0.383 e. The molecule has 0 atom stereocenters. The predicted molar refractivity (Wildman–Crippen MR) is 88.2 cm³/mol. The number of hydrogen-bond donors (Lipinski definition) is 1. The molecule has 0 radical (unpaired) electrons. The van der Waals surface area contributed by atoms with Gasteiger partial charge in [0.15, 0.2) is 0 Å². The van der Waals surface area contributed by atoms with Gasteiger partial charge in [0.25, 0.3) is 5.91 Å². The van der Waals surface area contributed by atoms with E-state index in [-0.39, 0.29) is 5.91 Å². The van der Waals surface area contributed by atoms with Crippen molar-refractivity contribution < 1.29 is 9.53 Å². The fourth-order valence-electron chi connectivity index (χ4n) is 2.52. The van der Waals surface area contributed by atoms with E-state index in [1.54, 1.807) is 7.11 Å². The Labute approximate surface area is 129 Å². The van der Waals surface area contributed by atoms with Crippen LogP contribution in [0.5, 0.6) is 0 Å². The van der Waals surface area contributed by atoms with E-state index in [0.717, 1.165) is 23.1 Å². The summed E-state index contributed by atoms with van der Waals surface area (Å²) in [6.07, 6.45) is 1.89. The van der Waals surface area contributed by atoms with Gasteiger partial charge in [-0.2, -0.15) is 0 Å². The van der Waals surface area contributed by atoms with Gasteiger partial charge < -0.3 is 14.6 Å². The molecule has 1 amide bonds. The number of ether oxygens (including phenoxy) is 1. The normalized spacial score (nSPS) is 10.8. The second kappa shape index (κ2) is 6.45. The second-order valence-corrected chi connectivity index (χ2v) is 5.07. The molecule has 4 heteroatoms. The number of fused-ring (bicyclic) bond motifs is 1. The van der Waals surface area contributed by atoms with Crippen molar-refractivity contribution in [2.75, 3.05) is 19.0 Å². The Morgan fingerprint density at radius 1 is 1.09 bits per heavy atom. The number of aromatic nitrogens is 1. The summed E-state index contributed by atoms with van der Waals surface area (Å²) < 4.78 is 7.19. The summed E-state index contributed by atoms with van der Waals surface area (Å²) in [5.74, 6) is -0.0985. The highest BCUT2D eigenvalue weighted by Gasteiger charge is 2.14. The first-order valence-electron chi connectivity index (χ1n) is 7.23. The van der Waals surface area contributed by atoms with Gasteiger partial charge in [0, 0.05) is 36.4 Å². The van der Waals surface area contributed by atoms with Crippen molar-refractivity contribution in [1.29, 1.82) is 0 Å². The highest BCUT2D eigenvalue weighted by molar-refractivity contribution is 6.12. The Kier molecular flexibility index (Phi) is 4.21. The third-order valence-electron chi connectivity index (χ3n) is 3.60. The van der Waals surface area contributed by atoms with E-state index >= 15 is 0 Å². The summed E-state index contributed by atoms with van der Waals surface area (Å²) in [6, 6.07) is 17.4. The van der Waals surface area contributed by atoms with Crippen LogP contribution < -0.4 is 5.32 Å². The van der Waals surface area contributed by atoms with Crippen LogP contribution in [0.25, 0.3) is 10.9 Å². The van der Waals surface area contributed by atoms with E-state index in [4.69, 9.17) is 4.74 Å².